The van der Waals surface area contributed by atoms with E-state index in [9.17, 15) is 19.1 Å². The molecule has 1 aliphatic carbocycles. The number of pyridine rings is 1. The zero-order valence-corrected chi connectivity index (χ0v) is 25.1. The summed E-state index contributed by atoms with van der Waals surface area (Å²) < 4.78 is 19.5. The van der Waals surface area contributed by atoms with Crippen molar-refractivity contribution in [3.63, 3.8) is 0 Å². The molecule has 0 fully saturated rings. The summed E-state index contributed by atoms with van der Waals surface area (Å²) in [4.78, 5) is 31.7. The van der Waals surface area contributed by atoms with Gasteiger partial charge < -0.3 is 15.2 Å². The number of rotatable bonds is 9. The molecule has 0 spiro atoms. The van der Waals surface area contributed by atoms with E-state index >= 15 is 0 Å². The van der Waals surface area contributed by atoms with E-state index in [1.807, 2.05) is 62.4 Å². The molecule has 2 atom stereocenters. The Hall–Kier alpha value is -4.04. The Morgan fingerprint density at radius 1 is 1.12 bits per heavy atom. The van der Waals surface area contributed by atoms with Crippen LogP contribution in [0.2, 0.25) is 0 Å². The van der Waals surface area contributed by atoms with E-state index in [0.717, 1.165) is 15.6 Å². The molecular weight excluding hydrogens is 599 g/mol. The lowest BCUT2D eigenvalue weighted by molar-refractivity contribution is -0.147. The van der Waals surface area contributed by atoms with E-state index in [1.165, 1.54) is 0 Å². The van der Waals surface area contributed by atoms with Gasteiger partial charge in [-0.25, -0.2) is 9.37 Å². The average Bonchev–Trinajstić information content (AvgIpc) is 2.98. The van der Waals surface area contributed by atoms with Gasteiger partial charge in [-0.1, -0.05) is 83.9 Å². The van der Waals surface area contributed by atoms with Crippen LogP contribution < -0.4 is 10.1 Å². The Kier molecular flexibility index (Phi) is 8.73. The van der Waals surface area contributed by atoms with E-state index in [0.29, 0.717) is 64.7 Å². The van der Waals surface area contributed by atoms with Gasteiger partial charge in [0.1, 0.15) is 5.75 Å². The first-order valence-corrected chi connectivity index (χ1v) is 14.8. The molecule has 1 heterocycles. The number of aliphatic carboxylic acids is 1. The fourth-order valence-electron chi connectivity index (χ4n) is 5.98. The van der Waals surface area contributed by atoms with E-state index in [1.54, 1.807) is 30.3 Å². The van der Waals surface area contributed by atoms with Crippen LogP contribution >= 0.6 is 15.9 Å². The summed E-state index contributed by atoms with van der Waals surface area (Å²) in [6.45, 7) is 2.81. The molecule has 0 radical (unpaired) electrons. The first-order valence-electron chi connectivity index (χ1n) is 14.0. The highest BCUT2D eigenvalue weighted by atomic mass is 79.9. The Morgan fingerprint density at radius 3 is 2.57 bits per heavy atom. The van der Waals surface area contributed by atoms with E-state index in [-0.39, 0.29) is 5.91 Å². The number of aromatic nitrogens is 1. The lowest BCUT2D eigenvalue weighted by Gasteiger charge is -2.36. The van der Waals surface area contributed by atoms with Gasteiger partial charge >= 0.3 is 5.97 Å². The number of carboxylic acids is 1. The molecule has 0 bridgehead atoms. The number of nitrogens with zero attached hydrogens (tertiary/aromatic N) is 1. The minimum absolute atomic E-state index is 0.295. The van der Waals surface area contributed by atoms with Crippen LogP contribution in [-0.4, -0.2) is 34.9 Å². The lowest BCUT2D eigenvalue weighted by atomic mass is 9.70. The van der Waals surface area contributed by atoms with Crippen molar-refractivity contribution in [2.24, 2.45) is 5.41 Å². The normalized spacial score (nSPS) is 18.4. The summed E-state index contributed by atoms with van der Waals surface area (Å²) in [6, 6.07) is 21.8. The van der Waals surface area contributed by atoms with Gasteiger partial charge in [-0.2, -0.15) is 0 Å². The SMILES string of the molecule is CCCC1(C(=O)O)C=C(c2ccccc2OCF)C(NC(=O)c2c(C)c(-c3ccccc3)nc3ccc(Br)cc23)CC1. The van der Waals surface area contributed by atoms with Crippen LogP contribution in [0.3, 0.4) is 0 Å². The molecule has 5 rings (SSSR count). The number of alkyl halides is 1. The van der Waals surface area contributed by atoms with Crippen molar-refractivity contribution in [2.75, 3.05) is 6.86 Å². The summed E-state index contributed by atoms with van der Waals surface area (Å²) in [5.74, 6) is -0.916. The van der Waals surface area contributed by atoms with Gasteiger partial charge in [0, 0.05) is 21.0 Å². The molecule has 3 aromatic carbocycles. The summed E-state index contributed by atoms with van der Waals surface area (Å²) in [7, 11) is 0. The average molecular weight is 632 g/mol. The van der Waals surface area contributed by atoms with Gasteiger partial charge in [0.25, 0.3) is 5.91 Å². The number of ether oxygens (including phenoxy) is 1. The van der Waals surface area contributed by atoms with Gasteiger partial charge in [0.2, 0.25) is 6.86 Å². The van der Waals surface area contributed by atoms with Crippen molar-refractivity contribution in [3.8, 4) is 17.0 Å². The number of hydrogen-bond donors (Lipinski definition) is 2. The summed E-state index contributed by atoms with van der Waals surface area (Å²) >= 11 is 3.54. The molecule has 2 N–H and O–H groups in total. The third-order valence-corrected chi connectivity index (χ3v) is 8.48. The van der Waals surface area contributed by atoms with Gasteiger partial charge in [0.15, 0.2) is 0 Å². The summed E-state index contributed by atoms with van der Waals surface area (Å²) in [5, 5.41) is 14.2. The van der Waals surface area contributed by atoms with Crippen molar-refractivity contribution in [1.29, 1.82) is 0 Å². The molecule has 42 heavy (non-hydrogen) atoms. The smallest absolute Gasteiger partial charge is 0.313 e. The second kappa shape index (κ2) is 12.4. The topological polar surface area (TPSA) is 88.5 Å². The summed E-state index contributed by atoms with van der Waals surface area (Å²) in [5.41, 5.74) is 3.59. The minimum Gasteiger partial charge on any atom is -0.481 e. The standard InChI is InChI=1S/C34H32BrFN2O4/c1-3-16-34(33(40)41)17-15-28(26(19-34)24-11-7-8-12-29(24)42-20-36)38-32(39)30-21(2)31(22-9-5-4-6-10-22)37-27-14-13-23(35)18-25(27)30/h4-14,18-19,28H,3,15-17,20H2,1-2H3,(H,38,39)(H,40,41). The molecule has 1 aliphatic rings. The molecule has 0 aliphatic heterocycles. The van der Waals surface area contributed by atoms with Crippen LogP contribution in [0.25, 0.3) is 27.7 Å². The van der Waals surface area contributed by atoms with Gasteiger partial charge in [0.05, 0.1) is 28.2 Å². The maximum absolute atomic E-state index is 14.3. The summed E-state index contributed by atoms with van der Waals surface area (Å²) in [6.07, 6.45) is 3.62. The Bertz CT molecular complexity index is 1670. The van der Waals surface area contributed by atoms with E-state index < -0.39 is 24.3 Å². The number of nitrogens with one attached hydrogen (secondary N) is 1. The molecule has 216 valence electrons. The zero-order valence-electron chi connectivity index (χ0n) is 23.5. The minimum atomic E-state index is -1.10. The number of benzene rings is 3. The first-order chi connectivity index (χ1) is 20.3. The third kappa shape index (κ3) is 5.68. The van der Waals surface area contributed by atoms with Crippen molar-refractivity contribution in [1.82, 2.24) is 10.3 Å². The molecule has 2 unspecified atom stereocenters. The van der Waals surface area contributed by atoms with Crippen LogP contribution in [-0.2, 0) is 4.79 Å². The number of para-hydroxylation sites is 1. The van der Waals surface area contributed by atoms with Crippen LogP contribution in [0, 0.1) is 12.3 Å². The number of fused-ring (bicyclic) bond motifs is 1. The van der Waals surface area contributed by atoms with Gasteiger partial charge in [-0.3, -0.25) is 9.59 Å². The molecule has 1 aromatic heterocycles. The predicted molar refractivity (Wildman–Crippen MR) is 166 cm³/mol. The Morgan fingerprint density at radius 2 is 1.86 bits per heavy atom. The number of amides is 1. The van der Waals surface area contributed by atoms with Crippen LogP contribution in [0.5, 0.6) is 5.75 Å². The number of halogens is 2. The number of carbonyl (C=O) groups excluding carboxylic acids is 1. The second-order valence-corrected chi connectivity index (χ2v) is 11.5. The highest BCUT2D eigenvalue weighted by molar-refractivity contribution is 9.10. The molecule has 4 aromatic rings. The van der Waals surface area contributed by atoms with Crippen molar-refractivity contribution in [2.45, 2.75) is 45.6 Å². The highest BCUT2D eigenvalue weighted by Gasteiger charge is 2.42. The molecular formula is C34H32BrFN2O4. The third-order valence-electron chi connectivity index (χ3n) is 7.99. The monoisotopic (exact) mass is 630 g/mol. The van der Waals surface area contributed by atoms with Crippen molar-refractivity contribution in [3.05, 3.63) is 100 Å². The molecule has 0 saturated heterocycles. The maximum Gasteiger partial charge on any atom is 0.313 e. The largest absolute Gasteiger partial charge is 0.481 e. The lowest BCUT2D eigenvalue weighted by Crippen LogP contribution is -2.42. The molecule has 1 amide bonds. The molecule has 8 heteroatoms. The predicted octanol–water partition coefficient (Wildman–Crippen LogP) is 8.13. The number of hydrogen-bond acceptors (Lipinski definition) is 4. The second-order valence-electron chi connectivity index (χ2n) is 10.6. The van der Waals surface area contributed by atoms with Crippen molar-refractivity contribution < 1.29 is 23.8 Å². The van der Waals surface area contributed by atoms with Crippen molar-refractivity contribution >= 4 is 44.3 Å². The zero-order chi connectivity index (χ0) is 29.9. The van der Waals surface area contributed by atoms with Crippen LogP contribution in [0.15, 0.2) is 83.3 Å². The quantitative estimate of drug-likeness (QED) is 0.195. The van der Waals surface area contributed by atoms with E-state index in [4.69, 9.17) is 9.72 Å². The molecule has 6 nitrogen and oxygen atoms in total. The van der Waals surface area contributed by atoms with Gasteiger partial charge in [-0.15, -0.1) is 0 Å². The number of carboxylic acid groups (broad SMARTS) is 1. The Labute approximate surface area is 252 Å². The fourth-order valence-corrected chi connectivity index (χ4v) is 6.34. The molecule has 0 saturated carbocycles. The van der Waals surface area contributed by atoms with Gasteiger partial charge in [-0.05, 0) is 61.6 Å². The fraction of sp³-hybridized carbons (Fsp3) is 0.265. The Balaban J connectivity index is 1.64. The highest BCUT2D eigenvalue weighted by Crippen LogP contribution is 2.44. The van der Waals surface area contributed by atoms with Crippen LogP contribution in [0.1, 0.15) is 54.1 Å². The maximum atomic E-state index is 14.3. The number of carbonyl (C=O) groups is 2. The van der Waals surface area contributed by atoms with E-state index in [2.05, 4.69) is 21.2 Å². The van der Waals surface area contributed by atoms with Crippen LogP contribution in [0.4, 0.5) is 4.39 Å². The first kappa shape index (κ1) is 29.5.